The predicted molar refractivity (Wildman–Crippen MR) is 103 cm³/mol. The van der Waals surface area contributed by atoms with Crippen molar-refractivity contribution in [3.8, 4) is 0 Å². The van der Waals surface area contributed by atoms with Crippen LogP contribution in [0.1, 0.15) is 36.6 Å². The maximum atomic E-state index is 11.4. The zero-order chi connectivity index (χ0) is 18.1. The molecule has 0 amide bonds. The lowest BCUT2D eigenvalue weighted by molar-refractivity contribution is -0.0108. The number of fused-ring (bicyclic) bond motifs is 1. The van der Waals surface area contributed by atoms with E-state index in [-0.39, 0.29) is 5.92 Å². The van der Waals surface area contributed by atoms with Crippen molar-refractivity contribution in [3.05, 3.63) is 47.5 Å². The van der Waals surface area contributed by atoms with Crippen molar-refractivity contribution in [1.29, 1.82) is 0 Å². The first-order valence-corrected chi connectivity index (χ1v) is 10.4. The minimum Gasteiger partial charge on any atom is -0.383 e. The molecule has 1 saturated heterocycles. The van der Waals surface area contributed by atoms with E-state index in [0.29, 0.717) is 5.92 Å². The van der Waals surface area contributed by atoms with E-state index >= 15 is 0 Å². The van der Waals surface area contributed by atoms with Gasteiger partial charge in [-0.05, 0) is 43.1 Å². The fourth-order valence-electron chi connectivity index (χ4n) is 4.44. The quantitative estimate of drug-likeness (QED) is 0.645. The average Bonchev–Trinajstić information content (AvgIpc) is 3.18. The summed E-state index contributed by atoms with van der Waals surface area (Å²) in [4.78, 5) is 15.8. The molecular weight excluding hydrogens is 344 g/mol. The second-order valence-electron chi connectivity index (χ2n) is 7.55. The van der Waals surface area contributed by atoms with Gasteiger partial charge in [0.15, 0.2) is 5.16 Å². The summed E-state index contributed by atoms with van der Waals surface area (Å²) in [6, 6.07) is 4.05. The second kappa shape index (κ2) is 7.25. The van der Waals surface area contributed by atoms with Gasteiger partial charge in [-0.25, -0.2) is 9.97 Å². The molecule has 1 aliphatic heterocycles. The second-order valence-corrected chi connectivity index (χ2v) is 8.78. The van der Waals surface area contributed by atoms with Gasteiger partial charge in [0.1, 0.15) is 5.60 Å². The zero-order valence-corrected chi connectivity index (χ0v) is 16.2. The van der Waals surface area contributed by atoms with Gasteiger partial charge in [-0.2, -0.15) is 0 Å². The van der Waals surface area contributed by atoms with Crippen LogP contribution in [0.2, 0.25) is 0 Å². The largest absolute Gasteiger partial charge is 0.383 e. The van der Waals surface area contributed by atoms with E-state index in [1.165, 1.54) is 0 Å². The van der Waals surface area contributed by atoms with Crippen LogP contribution in [0.4, 0.5) is 0 Å². The highest BCUT2D eigenvalue weighted by Crippen LogP contribution is 2.50. The maximum Gasteiger partial charge on any atom is 0.187 e. The first-order chi connectivity index (χ1) is 12.6. The fraction of sp³-hybridized carbons (Fsp3) is 0.550. The third-order valence-electron chi connectivity index (χ3n) is 5.74. The Labute approximate surface area is 159 Å². The van der Waals surface area contributed by atoms with E-state index in [4.69, 9.17) is 0 Å². The summed E-state index contributed by atoms with van der Waals surface area (Å²) >= 11 is 1.66. The van der Waals surface area contributed by atoms with E-state index in [0.717, 1.165) is 60.2 Å². The van der Waals surface area contributed by atoms with E-state index < -0.39 is 5.60 Å². The molecular formula is C20H26N4OS. The van der Waals surface area contributed by atoms with Gasteiger partial charge in [0.2, 0.25) is 0 Å². The molecule has 0 aromatic carbocycles. The molecule has 2 aromatic rings. The minimum absolute atomic E-state index is 0.258. The number of nitrogens with zero attached hydrogens (tertiary/aromatic N) is 4. The van der Waals surface area contributed by atoms with Crippen molar-refractivity contribution in [2.45, 2.75) is 44.0 Å². The molecule has 2 aliphatic rings. The molecule has 1 aliphatic carbocycles. The van der Waals surface area contributed by atoms with Crippen molar-refractivity contribution >= 4 is 11.8 Å². The Kier molecular flexibility index (Phi) is 4.99. The third-order valence-corrected chi connectivity index (χ3v) is 6.50. The highest BCUT2D eigenvalue weighted by molar-refractivity contribution is 7.99. The standard InChI is InChI=1S/C20H26N4OS/c1-3-26-19-22-9-15(10-23-19)11-24-12-16-6-7-20(25,17(16)13-24)18-5-4-14(2)8-21-18/h4-5,8-10,16-17,25H,3,6-7,11-13H2,1-2H3/t16-,17+,20-/m0/s1. The smallest absolute Gasteiger partial charge is 0.187 e. The number of aryl methyl sites for hydroxylation is 1. The predicted octanol–water partition coefficient (Wildman–Crippen LogP) is 3.02. The third kappa shape index (κ3) is 3.38. The van der Waals surface area contributed by atoms with Gasteiger partial charge in [0.25, 0.3) is 0 Å². The van der Waals surface area contributed by atoms with Gasteiger partial charge in [0.05, 0.1) is 5.69 Å². The Balaban J connectivity index is 1.45. The van der Waals surface area contributed by atoms with Crippen LogP contribution < -0.4 is 0 Å². The molecule has 26 heavy (non-hydrogen) atoms. The van der Waals surface area contributed by atoms with Crippen LogP contribution in [0.3, 0.4) is 0 Å². The van der Waals surface area contributed by atoms with Crippen molar-refractivity contribution in [1.82, 2.24) is 19.9 Å². The summed E-state index contributed by atoms with van der Waals surface area (Å²) in [5.74, 6) is 1.79. The lowest BCUT2D eigenvalue weighted by atomic mass is 9.85. The monoisotopic (exact) mass is 370 g/mol. The number of aliphatic hydroxyl groups is 1. The number of hydrogen-bond donors (Lipinski definition) is 1. The molecule has 3 atom stereocenters. The first kappa shape index (κ1) is 17.9. The molecule has 0 bridgehead atoms. The normalized spacial score (nSPS) is 28.4. The number of pyridine rings is 1. The summed E-state index contributed by atoms with van der Waals surface area (Å²) in [6.45, 7) is 6.92. The van der Waals surface area contributed by atoms with E-state index in [9.17, 15) is 5.11 Å². The Bertz CT molecular complexity index is 751. The van der Waals surface area contributed by atoms with Crippen molar-refractivity contribution in [2.75, 3.05) is 18.8 Å². The van der Waals surface area contributed by atoms with Crippen LogP contribution in [0.15, 0.2) is 35.9 Å². The number of aromatic nitrogens is 3. The van der Waals surface area contributed by atoms with Gasteiger partial charge < -0.3 is 5.11 Å². The van der Waals surface area contributed by atoms with E-state index in [1.54, 1.807) is 11.8 Å². The number of hydrogen-bond acceptors (Lipinski definition) is 6. The molecule has 4 rings (SSSR count). The summed E-state index contributed by atoms with van der Waals surface area (Å²) < 4.78 is 0. The van der Waals surface area contributed by atoms with Crippen LogP contribution in [-0.4, -0.2) is 43.8 Å². The number of likely N-dealkylation sites (tertiary alicyclic amines) is 1. The summed E-state index contributed by atoms with van der Waals surface area (Å²) in [6.07, 6.45) is 7.62. The zero-order valence-electron chi connectivity index (χ0n) is 15.4. The van der Waals surface area contributed by atoms with Crippen molar-refractivity contribution in [2.24, 2.45) is 11.8 Å². The molecule has 0 spiro atoms. The summed E-state index contributed by atoms with van der Waals surface area (Å²) in [5, 5.41) is 12.2. The van der Waals surface area contributed by atoms with Crippen molar-refractivity contribution in [3.63, 3.8) is 0 Å². The lowest BCUT2D eigenvalue weighted by Gasteiger charge is -2.29. The van der Waals surface area contributed by atoms with Crippen LogP contribution >= 0.6 is 11.8 Å². The molecule has 0 radical (unpaired) electrons. The Morgan fingerprint density at radius 2 is 2.00 bits per heavy atom. The molecule has 6 heteroatoms. The molecule has 5 nitrogen and oxygen atoms in total. The summed E-state index contributed by atoms with van der Waals surface area (Å²) in [7, 11) is 0. The number of thioether (sulfide) groups is 1. The maximum absolute atomic E-state index is 11.4. The first-order valence-electron chi connectivity index (χ1n) is 9.40. The van der Waals surface area contributed by atoms with Gasteiger partial charge in [-0.3, -0.25) is 9.88 Å². The van der Waals surface area contributed by atoms with Crippen LogP contribution in [0.25, 0.3) is 0 Å². The molecule has 138 valence electrons. The van der Waals surface area contributed by atoms with Crippen molar-refractivity contribution < 1.29 is 5.11 Å². The molecule has 1 saturated carbocycles. The van der Waals surface area contributed by atoms with Gasteiger partial charge in [-0.1, -0.05) is 24.8 Å². The SMILES string of the molecule is CCSc1ncc(CN2C[C@@H]3CC[C@@](O)(c4ccc(C)cn4)[C@@H]3C2)cn1. The Hall–Kier alpha value is -1.50. The molecule has 2 fully saturated rings. The molecule has 1 N–H and O–H groups in total. The highest BCUT2D eigenvalue weighted by atomic mass is 32.2. The molecule has 0 unspecified atom stereocenters. The fourth-order valence-corrected chi connectivity index (χ4v) is 4.96. The van der Waals surface area contributed by atoms with Crippen LogP contribution in [-0.2, 0) is 12.1 Å². The Morgan fingerprint density at radius 1 is 1.19 bits per heavy atom. The summed E-state index contributed by atoms with van der Waals surface area (Å²) in [5.41, 5.74) is 2.32. The minimum atomic E-state index is -0.786. The average molecular weight is 371 g/mol. The highest BCUT2D eigenvalue weighted by Gasteiger charge is 2.53. The van der Waals surface area contributed by atoms with Gasteiger partial charge >= 0.3 is 0 Å². The number of rotatable bonds is 5. The van der Waals surface area contributed by atoms with E-state index in [2.05, 4.69) is 26.8 Å². The van der Waals surface area contributed by atoms with Crippen LogP contribution in [0, 0.1) is 18.8 Å². The van der Waals surface area contributed by atoms with E-state index in [1.807, 2.05) is 37.6 Å². The van der Waals surface area contributed by atoms with Crippen LogP contribution in [0.5, 0.6) is 0 Å². The van der Waals surface area contributed by atoms with Gasteiger partial charge in [0, 0.05) is 49.7 Å². The topological polar surface area (TPSA) is 62.1 Å². The molecule has 2 aromatic heterocycles. The Morgan fingerprint density at radius 3 is 2.69 bits per heavy atom. The lowest BCUT2D eigenvalue weighted by Crippen LogP contribution is -2.35. The van der Waals surface area contributed by atoms with Gasteiger partial charge in [-0.15, -0.1) is 0 Å². The molecule has 3 heterocycles.